The molecule has 1 heterocycles. The summed E-state index contributed by atoms with van der Waals surface area (Å²) in [5.74, 6) is 0.968. The van der Waals surface area contributed by atoms with E-state index >= 15 is 0 Å². The van der Waals surface area contributed by atoms with Crippen LogP contribution in [0.1, 0.15) is 6.92 Å². The summed E-state index contributed by atoms with van der Waals surface area (Å²) in [6, 6.07) is 6.59. The van der Waals surface area contributed by atoms with E-state index in [1.165, 1.54) is 13.4 Å². The Hall–Kier alpha value is -2.94. The van der Waals surface area contributed by atoms with Crippen LogP contribution in [0.15, 0.2) is 30.6 Å². The summed E-state index contributed by atoms with van der Waals surface area (Å²) >= 11 is 0. The summed E-state index contributed by atoms with van der Waals surface area (Å²) in [6.45, 7) is 2.33. The fourth-order valence-electron chi connectivity index (χ4n) is 2.11. The maximum Gasteiger partial charge on any atom is 0.373 e. The lowest BCUT2D eigenvalue weighted by Crippen LogP contribution is -2.28. The van der Waals surface area contributed by atoms with E-state index in [2.05, 4.69) is 9.97 Å². The molecule has 2 rings (SSSR count). The molecule has 0 amide bonds. The van der Waals surface area contributed by atoms with Gasteiger partial charge in [0.05, 0.1) is 18.6 Å². The summed E-state index contributed by atoms with van der Waals surface area (Å²) in [5.41, 5.74) is -0.344. The molecule has 0 spiro atoms. The van der Waals surface area contributed by atoms with Crippen LogP contribution >= 0.6 is 0 Å². The number of rotatable bonds is 8. The molecule has 0 unspecified atom stereocenters. The molecule has 24 heavy (non-hydrogen) atoms. The van der Waals surface area contributed by atoms with E-state index in [4.69, 9.17) is 14.6 Å². The van der Waals surface area contributed by atoms with Crippen molar-refractivity contribution >= 4 is 11.5 Å². The molecule has 1 aromatic carbocycles. The fraction of sp³-hybridized carbons (Fsp3) is 0.333. The van der Waals surface area contributed by atoms with Crippen molar-refractivity contribution in [1.82, 2.24) is 9.97 Å². The van der Waals surface area contributed by atoms with Crippen molar-refractivity contribution in [3.8, 4) is 17.4 Å². The van der Waals surface area contributed by atoms with Crippen LogP contribution in [0.4, 0.5) is 11.5 Å². The molecule has 2 aromatic rings. The van der Waals surface area contributed by atoms with Gasteiger partial charge in [-0.3, -0.25) is 10.1 Å². The minimum Gasteiger partial charge on any atom is -0.497 e. The molecule has 0 aliphatic heterocycles. The van der Waals surface area contributed by atoms with Gasteiger partial charge >= 0.3 is 11.6 Å². The number of aliphatic hydroxyl groups is 1. The zero-order valence-electron chi connectivity index (χ0n) is 13.4. The van der Waals surface area contributed by atoms with Gasteiger partial charge in [0.25, 0.3) is 0 Å². The zero-order valence-corrected chi connectivity index (χ0v) is 13.4. The van der Waals surface area contributed by atoms with Gasteiger partial charge < -0.3 is 19.5 Å². The van der Waals surface area contributed by atoms with Crippen LogP contribution in [0.2, 0.25) is 0 Å². The SMILES string of the molecule is CCN(CCO)c1ncnc(Oc2ccc(OC)cc2)c1[N+](=O)[O-]. The van der Waals surface area contributed by atoms with Gasteiger partial charge in [0, 0.05) is 13.1 Å². The Morgan fingerprint density at radius 1 is 1.25 bits per heavy atom. The molecular weight excluding hydrogens is 316 g/mol. The molecule has 9 heteroatoms. The van der Waals surface area contributed by atoms with Crippen LogP contribution in [0, 0.1) is 10.1 Å². The van der Waals surface area contributed by atoms with E-state index < -0.39 is 4.92 Å². The van der Waals surface area contributed by atoms with Crippen molar-refractivity contribution in [1.29, 1.82) is 0 Å². The maximum absolute atomic E-state index is 11.5. The fourth-order valence-corrected chi connectivity index (χ4v) is 2.11. The predicted octanol–water partition coefficient (Wildman–Crippen LogP) is 2.00. The minimum atomic E-state index is -0.589. The number of methoxy groups -OCH3 is 1. The van der Waals surface area contributed by atoms with Crippen LogP contribution in [-0.2, 0) is 0 Å². The summed E-state index contributed by atoms with van der Waals surface area (Å²) in [6.07, 6.45) is 1.20. The molecule has 0 aliphatic carbocycles. The molecule has 9 nitrogen and oxygen atoms in total. The lowest BCUT2D eigenvalue weighted by molar-refractivity contribution is -0.385. The van der Waals surface area contributed by atoms with E-state index in [0.29, 0.717) is 18.0 Å². The van der Waals surface area contributed by atoms with Crippen molar-refractivity contribution in [2.24, 2.45) is 0 Å². The molecule has 1 N–H and O–H groups in total. The summed E-state index contributed by atoms with van der Waals surface area (Å²) < 4.78 is 10.6. The predicted molar refractivity (Wildman–Crippen MR) is 86.7 cm³/mol. The summed E-state index contributed by atoms with van der Waals surface area (Å²) in [4.78, 5) is 20.4. The standard InChI is InChI=1S/C15H18N4O5/c1-3-18(8-9-20)14-13(19(21)22)15(17-10-16-14)24-12-6-4-11(23-2)5-7-12/h4-7,10,20H,3,8-9H2,1-2H3. The third kappa shape index (κ3) is 3.87. The Morgan fingerprint density at radius 2 is 1.92 bits per heavy atom. The first kappa shape index (κ1) is 17.4. The van der Waals surface area contributed by atoms with Crippen molar-refractivity contribution in [2.45, 2.75) is 6.92 Å². The van der Waals surface area contributed by atoms with E-state index in [0.717, 1.165) is 0 Å². The van der Waals surface area contributed by atoms with Crippen LogP contribution in [-0.4, -0.2) is 46.8 Å². The molecule has 0 atom stereocenters. The van der Waals surface area contributed by atoms with Gasteiger partial charge in [0.2, 0.25) is 5.82 Å². The monoisotopic (exact) mass is 334 g/mol. The second-order valence-electron chi connectivity index (χ2n) is 4.69. The average molecular weight is 334 g/mol. The number of nitro groups is 1. The van der Waals surface area contributed by atoms with Gasteiger partial charge in [-0.15, -0.1) is 0 Å². The molecule has 0 saturated carbocycles. The minimum absolute atomic E-state index is 0.107. The highest BCUT2D eigenvalue weighted by Gasteiger charge is 2.28. The number of aromatic nitrogens is 2. The number of anilines is 1. The number of ether oxygens (including phenoxy) is 2. The van der Waals surface area contributed by atoms with E-state index in [1.54, 1.807) is 29.2 Å². The number of likely N-dealkylation sites (N-methyl/N-ethyl adjacent to an activating group) is 1. The normalized spacial score (nSPS) is 10.3. The van der Waals surface area contributed by atoms with Crippen molar-refractivity contribution in [2.75, 3.05) is 31.7 Å². The second-order valence-corrected chi connectivity index (χ2v) is 4.69. The highest BCUT2D eigenvalue weighted by atomic mass is 16.6. The topological polar surface area (TPSA) is 111 Å². The number of benzene rings is 1. The Kier molecular flexibility index (Phi) is 5.85. The molecule has 0 radical (unpaired) electrons. The molecular formula is C15H18N4O5. The first-order valence-electron chi connectivity index (χ1n) is 7.27. The Labute approximate surface area is 138 Å². The van der Waals surface area contributed by atoms with Crippen molar-refractivity contribution in [3.63, 3.8) is 0 Å². The summed E-state index contributed by atoms with van der Waals surface area (Å²) in [7, 11) is 1.54. The molecule has 1 aromatic heterocycles. The first-order chi connectivity index (χ1) is 11.6. The van der Waals surface area contributed by atoms with Crippen LogP contribution < -0.4 is 14.4 Å². The largest absolute Gasteiger partial charge is 0.497 e. The molecule has 0 bridgehead atoms. The number of hydrogen-bond donors (Lipinski definition) is 1. The molecule has 0 aliphatic rings. The van der Waals surface area contributed by atoms with Crippen LogP contribution in [0.25, 0.3) is 0 Å². The Balaban J connectivity index is 2.39. The maximum atomic E-state index is 11.5. The number of nitrogens with zero attached hydrogens (tertiary/aromatic N) is 4. The van der Waals surface area contributed by atoms with E-state index in [-0.39, 0.29) is 30.5 Å². The van der Waals surface area contributed by atoms with Gasteiger partial charge in [-0.2, -0.15) is 4.98 Å². The van der Waals surface area contributed by atoms with Crippen molar-refractivity contribution < 1.29 is 19.5 Å². The van der Waals surface area contributed by atoms with E-state index in [1.807, 2.05) is 6.92 Å². The Bertz CT molecular complexity index is 693. The van der Waals surface area contributed by atoms with Gasteiger partial charge in [-0.1, -0.05) is 0 Å². The Morgan fingerprint density at radius 3 is 2.46 bits per heavy atom. The lowest BCUT2D eigenvalue weighted by Gasteiger charge is -2.20. The van der Waals surface area contributed by atoms with Crippen LogP contribution in [0.3, 0.4) is 0 Å². The van der Waals surface area contributed by atoms with Gasteiger partial charge in [-0.25, -0.2) is 4.98 Å². The third-order valence-electron chi connectivity index (χ3n) is 3.28. The highest BCUT2D eigenvalue weighted by molar-refractivity contribution is 5.63. The third-order valence-corrected chi connectivity index (χ3v) is 3.28. The zero-order chi connectivity index (χ0) is 17.5. The van der Waals surface area contributed by atoms with Gasteiger partial charge in [0.1, 0.15) is 17.8 Å². The smallest absolute Gasteiger partial charge is 0.373 e. The second kappa shape index (κ2) is 8.06. The lowest BCUT2D eigenvalue weighted by atomic mass is 10.3. The van der Waals surface area contributed by atoms with E-state index in [9.17, 15) is 10.1 Å². The average Bonchev–Trinajstić information content (AvgIpc) is 2.60. The quantitative estimate of drug-likeness (QED) is 0.576. The number of hydrogen-bond acceptors (Lipinski definition) is 8. The van der Waals surface area contributed by atoms with Gasteiger partial charge in [0.15, 0.2) is 0 Å². The highest BCUT2D eigenvalue weighted by Crippen LogP contribution is 2.36. The number of aliphatic hydroxyl groups excluding tert-OH is 1. The first-order valence-corrected chi connectivity index (χ1v) is 7.27. The van der Waals surface area contributed by atoms with Gasteiger partial charge in [-0.05, 0) is 31.2 Å². The van der Waals surface area contributed by atoms with Crippen molar-refractivity contribution in [3.05, 3.63) is 40.7 Å². The summed E-state index contributed by atoms with van der Waals surface area (Å²) in [5, 5.41) is 20.6. The van der Waals surface area contributed by atoms with Crippen LogP contribution in [0.5, 0.6) is 17.4 Å². The molecule has 128 valence electrons. The molecule has 0 saturated heterocycles. The molecule has 0 fully saturated rings.